The molecule has 72 valence electrons. The molecule has 0 saturated carbocycles. The van der Waals surface area contributed by atoms with E-state index in [0.717, 1.165) is 5.56 Å². The van der Waals surface area contributed by atoms with Gasteiger partial charge in [-0.2, -0.15) is 0 Å². The number of halogens is 1. The highest BCUT2D eigenvalue weighted by Crippen LogP contribution is 2.17. The third kappa shape index (κ3) is 2.67. The summed E-state index contributed by atoms with van der Waals surface area (Å²) in [6.45, 7) is 0.147. The van der Waals surface area contributed by atoms with E-state index in [1.807, 2.05) is 6.07 Å². The van der Waals surface area contributed by atoms with Gasteiger partial charge in [0.1, 0.15) is 0 Å². The minimum atomic E-state index is -0.724. The van der Waals surface area contributed by atoms with Crippen molar-refractivity contribution in [1.29, 1.82) is 0 Å². The lowest BCUT2D eigenvalue weighted by molar-refractivity contribution is 0.153. The van der Waals surface area contributed by atoms with Gasteiger partial charge in [0, 0.05) is 11.6 Å². The zero-order valence-corrected chi connectivity index (χ0v) is 7.91. The largest absolute Gasteiger partial charge is 0.390 e. The molecule has 0 saturated heterocycles. The molecule has 5 N–H and O–H groups in total. The van der Waals surface area contributed by atoms with Crippen molar-refractivity contribution >= 4 is 11.6 Å². The van der Waals surface area contributed by atoms with E-state index in [0.29, 0.717) is 5.02 Å². The topological polar surface area (TPSA) is 72.3 Å². The Morgan fingerprint density at radius 1 is 1.46 bits per heavy atom. The second kappa shape index (κ2) is 4.58. The molecule has 1 aromatic carbocycles. The quantitative estimate of drug-likeness (QED) is 0.671. The monoisotopic (exact) mass is 200 g/mol. The minimum Gasteiger partial charge on any atom is -0.390 e. The highest BCUT2D eigenvalue weighted by molar-refractivity contribution is 6.30. The molecule has 4 heteroatoms. The lowest BCUT2D eigenvalue weighted by Crippen LogP contribution is -2.32. The number of benzene rings is 1. The summed E-state index contributed by atoms with van der Waals surface area (Å²) >= 11 is 5.77. The van der Waals surface area contributed by atoms with Crippen LogP contribution in [0.15, 0.2) is 24.3 Å². The van der Waals surface area contributed by atoms with Gasteiger partial charge in [0.15, 0.2) is 0 Å². The van der Waals surface area contributed by atoms with Crippen molar-refractivity contribution in [3.8, 4) is 0 Å². The molecule has 0 fully saturated rings. The second-order valence-corrected chi connectivity index (χ2v) is 3.32. The van der Waals surface area contributed by atoms with Crippen LogP contribution in [0.4, 0.5) is 0 Å². The number of hydrogen-bond acceptors (Lipinski definition) is 3. The Morgan fingerprint density at radius 2 is 2.15 bits per heavy atom. The fourth-order valence-corrected chi connectivity index (χ4v) is 1.28. The summed E-state index contributed by atoms with van der Waals surface area (Å²) in [6, 6.07) is 6.62. The maximum absolute atomic E-state index is 9.38. The Balaban J connectivity index is 2.82. The summed E-state index contributed by atoms with van der Waals surface area (Å²) in [7, 11) is 0. The van der Waals surface area contributed by atoms with Crippen LogP contribution in [-0.2, 0) is 0 Å². The molecule has 0 bridgehead atoms. The summed E-state index contributed by atoms with van der Waals surface area (Å²) in [5, 5.41) is 9.99. The zero-order chi connectivity index (χ0) is 9.84. The highest BCUT2D eigenvalue weighted by Gasteiger charge is 2.14. The number of aliphatic hydroxyl groups is 1. The van der Waals surface area contributed by atoms with E-state index in [1.165, 1.54) is 0 Å². The molecule has 2 atom stereocenters. The molecule has 0 amide bonds. The smallest absolute Gasteiger partial charge is 0.0854 e. The van der Waals surface area contributed by atoms with E-state index in [4.69, 9.17) is 23.1 Å². The van der Waals surface area contributed by atoms with E-state index in [-0.39, 0.29) is 6.54 Å². The van der Waals surface area contributed by atoms with Crippen LogP contribution in [0.2, 0.25) is 5.02 Å². The van der Waals surface area contributed by atoms with Crippen molar-refractivity contribution in [2.75, 3.05) is 6.54 Å². The summed E-state index contributed by atoms with van der Waals surface area (Å²) in [5.41, 5.74) is 11.8. The summed E-state index contributed by atoms with van der Waals surface area (Å²) in [4.78, 5) is 0. The molecule has 2 unspecified atom stereocenters. The molecular weight excluding hydrogens is 188 g/mol. The van der Waals surface area contributed by atoms with Crippen LogP contribution >= 0.6 is 11.6 Å². The first-order chi connectivity index (χ1) is 6.15. The van der Waals surface area contributed by atoms with Crippen molar-refractivity contribution in [3.05, 3.63) is 34.9 Å². The molecule has 0 aliphatic rings. The Labute approximate surface area is 82.3 Å². The van der Waals surface area contributed by atoms with E-state index in [1.54, 1.807) is 18.2 Å². The lowest BCUT2D eigenvalue weighted by atomic mass is 10.0. The molecule has 0 aromatic heterocycles. The first-order valence-corrected chi connectivity index (χ1v) is 4.42. The fourth-order valence-electron chi connectivity index (χ4n) is 1.08. The fraction of sp³-hybridized carbons (Fsp3) is 0.333. The maximum atomic E-state index is 9.38. The molecular formula is C9H13ClN2O. The van der Waals surface area contributed by atoms with Gasteiger partial charge < -0.3 is 16.6 Å². The molecule has 1 rings (SSSR count). The van der Waals surface area contributed by atoms with Crippen molar-refractivity contribution in [1.82, 2.24) is 0 Å². The van der Waals surface area contributed by atoms with Crippen molar-refractivity contribution < 1.29 is 5.11 Å². The third-order valence-electron chi connectivity index (χ3n) is 1.89. The second-order valence-electron chi connectivity index (χ2n) is 2.88. The highest BCUT2D eigenvalue weighted by atomic mass is 35.5. The van der Waals surface area contributed by atoms with Crippen LogP contribution in [0.25, 0.3) is 0 Å². The normalized spacial score (nSPS) is 15.4. The van der Waals surface area contributed by atoms with Gasteiger partial charge in [-0.25, -0.2) is 0 Å². The van der Waals surface area contributed by atoms with Crippen molar-refractivity contribution in [3.63, 3.8) is 0 Å². The Hall–Kier alpha value is -0.610. The number of nitrogens with two attached hydrogens (primary N) is 2. The van der Waals surface area contributed by atoms with Crippen LogP contribution in [0.3, 0.4) is 0 Å². The van der Waals surface area contributed by atoms with Gasteiger partial charge in [-0.1, -0.05) is 23.7 Å². The zero-order valence-electron chi connectivity index (χ0n) is 7.15. The standard InChI is InChI=1S/C9H13ClN2O/c10-7-3-1-2-6(4-7)9(12)8(13)5-11/h1-4,8-9,13H,5,11-12H2. The lowest BCUT2D eigenvalue weighted by Gasteiger charge is -2.17. The summed E-state index contributed by atoms with van der Waals surface area (Å²) < 4.78 is 0. The average Bonchev–Trinajstić information content (AvgIpc) is 2.15. The van der Waals surface area contributed by atoms with Crippen LogP contribution in [0, 0.1) is 0 Å². The van der Waals surface area contributed by atoms with Crippen molar-refractivity contribution in [2.45, 2.75) is 12.1 Å². The van der Waals surface area contributed by atoms with Crippen LogP contribution in [0.1, 0.15) is 11.6 Å². The van der Waals surface area contributed by atoms with Crippen LogP contribution in [-0.4, -0.2) is 17.8 Å². The van der Waals surface area contributed by atoms with E-state index in [2.05, 4.69) is 0 Å². The molecule has 0 radical (unpaired) electrons. The Kier molecular flexibility index (Phi) is 3.69. The summed E-state index contributed by atoms with van der Waals surface area (Å²) in [6.07, 6.45) is -0.724. The summed E-state index contributed by atoms with van der Waals surface area (Å²) in [5.74, 6) is 0. The molecule has 13 heavy (non-hydrogen) atoms. The molecule has 0 aliphatic heterocycles. The third-order valence-corrected chi connectivity index (χ3v) is 2.12. The van der Waals surface area contributed by atoms with Gasteiger partial charge in [-0.15, -0.1) is 0 Å². The minimum absolute atomic E-state index is 0.147. The van der Waals surface area contributed by atoms with Gasteiger partial charge in [-0.05, 0) is 17.7 Å². The Bertz CT molecular complexity index is 280. The van der Waals surface area contributed by atoms with E-state index in [9.17, 15) is 5.11 Å². The van der Waals surface area contributed by atoms with Crippen LogP contribution in [0.5, 0.6) is 0 Å². The van der Waals surface area contributed by atoms with Crippen molar-refractivity contribution in [2.24, 2.45) is 11.5 Å². The number of aliphatic hydroxyl groups excluding tert-OH is 1. The number of hydrogen-bond donors (Lipinski definition) is 3. The molecule has 3 nitrogen and oxygen atoms in total. The maximum Gasteiger partial charge on any atom is 0.0854 e. The van der Waals surface area contributed by atoms with Gasteiger partial charge in [-0.3, -0.25) is 0 Å². The first-order valence-electron chi connectivity index (χ1n) is 4.04. The van der Waals surface area contributed by atoms with Gasteiger partial charge in [0.2, 0.25) is 0 Å². The van der Waals surface area contributed by atoms with E-state index >= 15 is 0 Å². The Morgan fingerprint density at radius 3 is 2.69 bits per heavy atom. The molecule has 0 spiro atoms. The van der Waals surface area contributed by atoms with Gasteiger partial charge in [0.05, 0.1) is 12.1 Å². The van der Waals surface area contributed by atoms with Crippen LogP contribution < -0.4 is 11.5 Å². The SMILES string of the molecule is NCC(O)C(N)c1cccc(Cl)c1. The van der Waals surface area contributed by atoms with Gasteiger partial charge in [0.25, 0.3) is 0 Å². The van der Waals surface area contributed by atoms with Gasteiger partial charge >= 0.3 is 0 Å². The van der Waals surface area contributed by atoms with E-state index < -0.39 is 12.1 Å². The predicted molar refractivity (Wildman–Crippen MR) is 53.4 cm³/mol. The predicted octanol–water partition coefficient (Wildman–Crippen LogP) is 0.659. The molecule has 0 aliphatic carbocycles. The first kappa shape index (κ1) is 10.5. The molecule has 1 aromatic rings. The average molecular weight is 201 g/mol. The number of rotatable bonds is 3. The molecule has 0 heterocycles.